The Morgan fingerprint density at radius 3 is 2.36 bits per heavy atom. The van der Waals surface area contributed by atoms with E-state index in [1.54, 1.807) is 19.1 Å². The van der Waals surface area contributed by atoms with Gasteiger partial charge in [0, 0.05) is 18.4 Å². The van der Waals surface area contributed by atoms with Crippen molar-refractivity contribution in [2.75, 3.05) is 0 Å². The fourth-order valence-corrected chi connectivity index (χ4v) is 3.16. The zero-order valence-corrected chi connectivity index (χ0v) is 14.3. The van der Waals surface area contributed by atoms with E-state index in [9.17, 15) is 25.0 Å². The van der Waals surface area contributed by atoms with Crippen LogP contribution in [-0.4, -0.2) is 41.7 Å². The van der Waals surface area contributed by atoms with Crippen LogP contribution in [0.2, 0.25) is 0 Å². The van der Waals surface area contributed by atoms with Crippen LogP contribution in [0, 0.1) is 0 Å². The van der Waals surface area contributed by atoms with Gasteiger partial charge in [0.05, 0.1) is 5.71 Å². The third-order valence-electron chi connectivity index (χ3n) is 3.84. The number of allylic oxidation sites excluding steroid dienone is 2. The molecule has 1 atom stereocenters. The van der Waals surface area contributed by atoms with Crippen LogP contribution in [0.1, 0.15) is 31.2 Å². The van der Waals surface area contributed by atoms with Crippen LogP contribution >= 0.6 is 7.75 Å². The highest BCUT2D eigenvalue weighted by molar-refractivity contribution is 7.50. The quantitative estimate of drug-likeness (QED) is 0.342. The minimum Gasteiger partial charge on any atom is -0.508 e. The Labute approximate surface area is 144 Å². The molecule has 0 saturated carbocycles. The Kier molecular flexibility index (Phi) is 5.51. The van der Waals surface area contributed by atoms with Gasteiger partial charge in [-0.2, -0.15) is 4.76 Å². The molecular weight excluding hydrogens is 349 g/mol. The molecule has 0 aromatic heterocycles. The van der Waals surface area contributed by atoms with E-state index >= 15 is 0 Å². The summed E-state index contributed by atoms with van der Waals surface area (Å²) in [6.45, 7) is 1.73. The largest absolute Gasteiger partial charge is 0.508 e. The lowest BCUT2D eigenvalue weighted by molar-refractivity contribution is -0.131. The predicted molar refractivity (Wildman–Crippen MR) is 91.2 cm³/mol. The smallest absolute Gasteiger partial charge is 0.448 e. The molecule has 8 nitrogen and oxygen atoms in total. The molecule has 25 heavy (non-hydrogen) atoms. The number of aromatic hydroxyl groups is 1. The van der Waals surface area contributed by atoms with Crippen molar-refractivity contribution in [3.05, 3.63) is 53.3 Å². The highest BCUT2D eigenvalue weighted by atomic mass is 31.2. The van der Waals surface area contributed by atoms with Crippen molar-refractivity contribution in [1.29, 1.82) is 0 Å². The Morgan fingerprint density at radius 1 is 1.20 bits per heavy atom. The standard InChI is InChI=1S/C16H20NO7P/c1-10(11-2-4-12(18)5-3-11)9-16(20,21)14-8-13(19)6-7-15(14)17-25(22,23)24/h2-6,8,10,18-21H,7,9H2,1H3,(H2,22,23,24). The van der Waals surface area contributed by atoms with Gasteiger partial charge in [0.2, 0.25) is 0 Å². The van der Waals surface area contributed by atoms with Crippen molar-refractivity contribution < 1.29 is 34.8 Å². The van der Waals surface area contributed by atoms with Gasteiger partial charge in [-0.1, -0.05) is 19.1 Å². The molecular formula is C16H20NO7P. The maximum atomic E-state index is 11.1. The molecule has 1 aromatic carbocycles. The molecule has 1 unspecified atom stereocenters. The summed E-state index contributed by atoms with van der Waals surface area (Å²) >= 11 is 0. The number of rotatable bonds is 5. The summed E-state index contributed by atoms with van der Waals surface area (Å²) in [4.78, 5) is 18.1. The molecule has 6 N–H and O–H groups in total. The Bertz CT molecular complexity index is 774. The van der Waals surface area contributed by atoms with E-state index in [0.717, 1.165) is 11.6 Å². The number of aliphatic hydroxyl groups is 3. The second-order valence-electron chi connectivity index (χ2n) is 5.96. The second-order valence-corrected chi connectivity index (χ2v) is 7.19. The molecule has 1 aromatic rings. The number of nitrogens with zero attached hydrogens (tertiary/aromatic N) is 1. The monoisotopic (exact) mass is 369 g/mol. The van der Waals surface area contributed by atoms with Crippen molar-refractivity contribution in [1.82, 2.24) is 0 Å². The van der Waals surface area contributed by atoms with E-state index in [1.165, 1.54) is 18.2 Å². The number of aliphatic hydroxyl groups excluding tert-OH is 1. The molecule has 1 aliphatic carbocycles. The average Bonchev–Trinajstić information content (AvgIpc) is 2.48. The summed E-state index contributed by atoms with van der Waals surface area (Å²) in [5.74, 6) is -2.99. The summed E-state index contributed by atoms with van der Waals surface area (Å²) in [5, 5.41) is 39.9. The lowest BCUT2D eigenvalue weighted by atomic mass is 9.85. The summed E-state index contributed by atoms with van der Waals surface area (Å²) in [7, 11) is -4.77. The number of benzene rings is 1. The molecule has 0 bridgehead atoms. The maximum Gasteiger partial charge on any atom is 0.448 e. The summed E-state index contributed by atoms with van der Waals surface area (Å²) in [6, 6.07) is 6.20. The van der Waals surface area contributed by atoms with Crippen molar-refractivity contribution in [3.63, 3.8) is 0 Å². The van der Waals surface area contributed by atoms with Crippen molar-refractivity contribution >= 4 is 13.5 Å². The molecule has 2 rings (SSSR count). The fraction of sp³-hybridized carbons (Fsp3) is 0.312. The van der Waals surface area contributed by atoms with E-state index < -0.39 is 13.5 Å². The van der Waals surface area contributed by atoms with E-state index in [1.807, 2.05) is 0 Å². The van der Waals surface area contributed by atoms with E-state index in [-0.39, 0.29) is 41.6 Å². The maximum absolute atomic E-state index is 11.1. The molecule has 1 aliphatic rings. The lowest BCUT2D eigenvalue weighted by Gasteiger charge is -2.30. The zero-order chi connectivity index (χ0) is 18.8. The molecule has 9 heteroatoms. The zero-order valence-electron chi connectivity index (χ0n) is 13.4. The number of hydrogen-bond acceptors (Lipinski definition) is 5. The van der Waals surface area contributed by atoms with Gasteiger partial charge < -0.3 is 30.2 Å². The molecule has 0 fully saturated rings. The molecule has 136 valence electrons. The van der Waals surface area contributed by atoms with Gasteiger partial charge >= 0.3 is 7.75 Å². The Balaban J connectivity index is 2.31. The summed E-state index contributed by atoms with van der Waals surface area (Å²) in [6.07, 6.45) is 1.94. The molecule has 0 saturated heterocycles. The molecule has 0 heterocycles. The Hall–Kier alpha value is -1.96. The average molecular weight is 369 g/mol. The van der Waals surface area contributed by atoms with Gasteiger partial charge in [0.15, 0.2) is 5.79 Å². The highest BCUT2D eigenvalue weighted by Crippen LogP contribution is 2.40. The minimum atomic E-state index is -4.77. The molecule has 0 radical (unpaired) electrons. The Morgan fingerprint density at radius 2 is 1.80 bits per heavy atom. The molecule has 0 aliphatic heterocycles. The summed E-state index contributed by atoms with van der Waals surface area (Å²) in [5.41, 5.74) is 0.269. The number of hydrogen-bond donors (Lipinski definition) is 6. The number of phenols is 1. The van der Waals surface area contributed by atoms with Gasteiger partial charge in [-0.3, -0.25) is 0 Å². The van der Waals surface area contributed by atoms with E-state index in [0.29, 0.717) is 0 Å². The van der Waals surface area contributed by atoms with Gasteiger partial charge in [0.1, 0.15) is 11.5 Å². The predicted octanol–water partition coefficient (Wildman–Crippen LogP) is 1.87. The first-order valence-electron chi connectivity index (χ1n) is 7.48. The highest BCUT2D eigenvalue weighted by Gasteiger charge is 2.36. The number of phenolic OH excluding ortho intramolecular Hbond substituents is 1. The third-order valence-corrected chi connectivity index (χ3v) is 4.34. The van der Waals surface area contributed by atoms with Gasteiger partial charge in [-0.05, 0) is 35.8 Å². The van der Waals surface area contributed by atoms with Gasteiger partial charge in [0.25, 0.3) is 0 Å². The SMILES string of the molecule is CC(CC(O)(O)C1=CC(O)=CCC1=NP(=O)(O)O)c1ccc(O)cc1. The van der Waals surface area contributed by atoms with Gasteiger partial charge in [-0.15, -0.1) is 0 Å². The normalized spacial score (nSPS) is 18.7. The van der Waals surface area contributed by atoms with Crippen molar-refractivity contribution in [3.8, 4) is 5.75 Å². The van der Waals surface area contributed by atoms with Crippen LogP contribution in [0.3, 0.4) is 0 Å². The second kappa shape index (κ2) is 7.11. The lowest BCUT2D eigenvalue weighted by Crippen LogP contribution is -2.37. The first-order valence-corrected chi connectivity index (χ1v) is 9.04. The first-order chi connectivity index (χ1) is 11.5. The van der Waals surface area contributed by atoms with Crippen molar-refractivity contribution in [2.45, 2.75) is 31.5 Å². The van der Waals surface area contributed by atoms with Crippen LogP contribution in [0.25, 0.3) is 0 Å². The molecule has 0 amide bonds. The summed E-state index contributed by atoms with van der Waals surface area (Å²) < 4.78 is 14.4. The van der Waals surface area contributed by atoms with E-state index in [4.69, 9.17) is 9.79 Å². The van der Waals surface area contributed by atoms with Crippen LogP contribution in [0.15, 0.2) is 52.5 Å². The van der Waals surface area contributed by atoms with Gasteiger partial charge in [-0.25, -0.2) is 4.57 Å². The first kappa shape index (κ1) is 19.4. The van der Waals surface area contributed by atoms with Crippen LogP contribution < -0.4 is 0 Å². The topological polar surface area (TPSA) is 151 Å². The van der Waals surface area contributed by atoms with Crippen LogP contribution in [0.5, 0.6) is 5.75 Å². The molecule has 0 spiro atoms. The minimum absolute atomic E-state index is 0.0799. The van der Waals surface area contributed by atoms with Crippen LogP contribution in [0.4, 0.5) is 0 Å². The van der Waals surface area contributed by atoms with Crippen LogP contribution in [-0.2, 0) is 4.57 Å². The third kappa shape index (κ3) is 5.26. The van der Waals surface area contributed by atoms with E-state index in [2.05, 4.69) is 4.76 Å². The fourth-order valence-electron chi connectivity index (χ4n) is 2.66. The van der Waals surface area contributed by atoms with Crippen molar-refractivity contribution in [2.24, 2.45) is 4.76 Å².